The molecule has 0 amide bonds. The number of rotatable bonds is 7. The van der Waals surface area contributed by atoms with E-state index in [1.807, 2.05) is 0 Å². The van der Waals surface area contributed by atoms with Crippen LogP contribution in [0.3, 0.4) is 0 Å². The summed E-state index contributed by atoms with van der Waals surface area (Å²) in [5.74, 6) is -2.83. The van der Waals surface area contributed by atoms with Crippen LogP contribution in [-0.2, 0) is 33.3 Å². The minimum atomic E-state index is -1.65. The standard InChI is InChI=1S/C18H26O11/c1-4-8-9(5-12(20)25-2)10(16(24)26-3)7-27-17(8)29-18-15(23)14(22)13(21)11(6-19)28-18/h4,7-9,11,13-15,17-19,21-23H,1,5-6H2,2-3H3/t8-,9+,11-,13-,14+,15-,17+,18+/m1/s1. The Morgan fingerprint density at radius 3 is 2.38 bits per heavy atom. The summed E-state index contributed by atoms with van der Waals surface area (Å²) in [5, 5.41) is 39.2. The van der Waals surface area contributed by atoms with Crippen molar-refractivity contribution in [2.75, 3.05) is 20.8 Å². The maximum absolute atomic E-state index is 12.1. The second-order valence-corrected chi connectivity index (χ2v) is 6.60. The minimum absolute atomic E-state index is 0.0662. The summed E-state index contributed by atoms with van der Waals surface area (Å²) in [6, 6.07) is 0. The van der Waals surface area contributed by atoms with E-state index in [0.29, 0.717) is 0 Å². The average molecular weight is 418 g/mol. The predicted octanol–water partition coefficient (Wildman–Crippen LogP) is -1.80. The van der Waals surface area contributed by atoms with Crippen LogP contribution in [0.25, 0.3) is 0 Å². The average Bonchev–Trinajstić information content (AvgIpc) is 2.73. The number of hydrogen-bond acceptors (Lipinski definition) is 11. The van der Waals surface area contributed by atoms with Crippen LogP contribution in [0.5, 0.6) is 0 Å². The summed E-state index contributed by atoms with van der Waals surface area (Å²) >= 11 is 0. The van der Waals surface area contributed by atoms with Gasteiger partial charge in [0, 0.05) is 11.8 Å². The topological polar surface area (TPSA) is 161 Å². The summed E-state index contributed by atoms with van der Waals surface area (Å²) in [6.45, 7) is 3.06. The number of carbonyl (C=O) groups is 2. The zero-order valence-corrected chi connectivity index (χ0v) is 16.0. The number of esters is 2. The molecule has 2 rings (SSSR count). The van der Waals surface area contributed by atoms with Gasteiger partial charge in [0.25, 0.3) is 0 Å². The monoisotopic (exact) mass is 418 g/mol. The lowest BCUT2D eigenvalue weighted by atomic mass is 9.81. The van der Waals surface area contributed by atoms with Crippen molar-refractivity contribution in [1.29, 1.82) is 0 Å². The van der Waals surface area contributed by atoms with Crippen LogP contribution in [0.2, 0.25) is 0 Å². The largest absolute Gasteiger partial charge is 0.471 e. The number of aliphatic hydroxyl groups is 4. The molecule has 2 aliphatic heterocycles. The fourth-order valence-electron chi connectivity index (χ4n) is 3.25. The molecule has 0 aromatic rings. The first-order valence-corrected chi connectivity index (χ1v) is 8.88. The van der Waals surface area contributed by atoms with Gasteiger partial charge in [-0.1, -0.05) is 6.08 Å². The lowest BCUT2D eigenvalue weighted by Gasteiger charge is -2.42. The van der Waals surface area contributed by atoms with Crippen LogP contribution >= 0.6 is 0 Å². The van der Waals surface area contributed by atoms with Crippen LogP contribution < -0.4 is 0 Å². The van der Waals surface area contributed by atoms with Gasteiger partial charge in [-0.2, -0.15) is 0 Å². The fraction of sp³-hybridized carbons (Fsp3) is 0.667. The quantitative estimate of drug-likeness (QED) is 0.273. The molecule has 0 saturated carbocycles. The lowest BCUT2D eigenvalue weighted by Crippen LogP contribution is -2.60. The van der Waals surface area contributed by atoms with Crippen LogP contribution in [-0.4, -0.2) is 90.2 Å². The van der Waals surface area contributed by atoms with Gasteiger partial charge in [0.05, 0.1) is 39.1 Å². The van der Waals surface area contributed by atoms with Crippen molar-refractivity contribution in [3.05, 3.63) is 24.5 Å². The van der Waals surface area contributed by atoms with Gasteiger partial charge in [-0.25, -0.2) is 4.79 Å². The molecule has 11 heteroatoms. The summed E-state index contributed by atoms with van der Waals surface area (Å²) in [6.07, 6.45) is -6.36. The highest BCUT2D eigenvalue weighted by Gasteiger charge is 2.47. The summed E-state index contributed by atoms with van der Waals surface area (Å²) in [5.41, 5.74) is 0.0662. The second kappa shape index (κ2) is 10.1. The third-order valence-electron chi connectivity index (χ3n) is 4.93. The highest BCUT2D eigenvalue weighted by Crippen LogP contribution is 2.37. The van der Waals surface area contributed by atoms with Crippen LogP contribution in [0.1, 0.15) is 6.42 Å². The summed E-state index contributed by atoms with van der Waals surface area (Å²) in [4.78, 5) is 23.9. The Labute approximate surface area is 167 Å². The molecular weight excluding hydrogens is 392 g/mol. The normalized spacial score (nSPS) is 37.1. The van der Waals surface area contributed by atoms with Crippen molar-refractivity contribution < 1.29 is 53.7 Å². The number of methoxy groups -OCH3 is 2. The first-order valence-electron chi connectivity index (χ1n) is 8.88. The molecule has 0 aromatic heterocycles. The molecule has 1 fully saturated rings. The van der Waals surface area contributed by atoms with E-state index >= 15 is 0 Å². The maximum atomic E-state index is 12.1. The van der Waals surface area contributed by atoms with Gasteiger partial charge in [0.2, 0.25) is 6.29 Å². The zero-order valence-electron chi connectivity index (χ0n) is 16.0. The Hall–Kier alpha value is -2.02. The zero-order chi connectivity index (χ0) is 21.7. The van der Waals surface area contributed by atoms with Gasteiger partial charge >= 0.3 is 11.9 Å². The van der Waals surface area contributed by atoms with E-state index in [0.717, 1.165) is 6.26 Å². The Balaban J connectivity index is 2.25. The molecule has 4 N–H and O–H groups in total. The minimum Gasteiger partial charge on any atom is -0.471 e. The number of ether oxygens (including phenoxy) is 5. The van der Waals surface area contributed by atoms with E-state index in [9.17, 15) is 30.0 Å². The molecule has 0 bridgehead atoms. The molecule has 8 atom stereocenters. The SMILES string of the molecule is C=C[C@H]1[C@H](O[C@@H]2O[C@H](CO)[C@@H](O)[C@H](O)[C@H]2O)OC=C(C(=O)OC)[C@H]1CC(=O)OC. The molecule has 2 heterocycles. The van der Waals surface area contributed by atoms with Crippen molar-refractivity contribution in [2.45, 2.75) is 43.4 Å². The van der Waals surface area contributed by atoms with Crippen LogP contribution in [0.15, 0.2) is 24.5 Å². The summed E-state index contributed by atoms with van der Waals surface area (Å²) in [7, 11) is 2.38. The van der Waals surface area contributed by atoms with E-state index in [-0.39, 0.29) is 12.0 Å². The molecule has 0 aromatic carbocycles. The molecule has 29 heavy (non-hydrogen) atoms. The van der Waals surface area contributed by atoms with E-state index in [2.05, 4.69) is 11.3 Å². The third-order valence-corrected chi connectivity index (χ3v) is 4.93. The Morgan fingerprint density at radius 2 is 1.83 bits per heavy atom. The number of hydrogen-bond donors (Lipinski definition) is 4. The molecule has 1 saturated heterocycles. The van der Waals surface area contributed by atoms with Gasteiger partial charge in [-0.3, -0.25) is 4.79 Å². The number of aliphatic hydroxyl groups excluding tert-OH is 4. The Kier molecular flexibility index (Phi) is 8.14. The van der Waals surface area contributed by atoms with Crippen molar-refractivity contribution in [3.8, 4) is 0 Å². The lowest BCUT2D eigenvalue weighted by molar-refractivity contribution is -0.339. The Bertz CT molecular complexity index is 631. The predicted molar refractivity (Wildman–Crippen MR) is 93.6 cm³/mol. The van der Waals surface area contributed by atoms with Crippen molar-refractivity contribution in [3.63, 3.8) is 0 Å². The molecule has 0 aliphatic carbocycles. The van der Waals surface area contributed by atoms with Gasteiger partial charge in [0.15, 0.2) is 6.29 Å². The van der Waals surface area contributed by atoms with Crippen molar-refractivity contribution >= 4 is 11.9 Å². The van der Waals surface area contributed by atoms with E-state index in [1.54, 1.807) is 0 Å². The smallest absolute Gasteiger partial charge is 0.337 e. The molecular formula is C18H26O11. The second-order valence-electron chi connectivity index (χ2n) is 6.60. The molecule has 0 unspecified atom stereocenters. The van der Waals surface area contributed by atoms with Crippen molar-refractivity contribution in [2.24, 2.45) is 11.8 Å². The van der Waals surface area contributed by atoms with Gasteiger partial charge in [-0.05, 0) is 0 Å². The molecule has 0 radical (unpaired) electrons. The van der Waals surface area contributed by atoms with E-state index in [1.165, 1.54) is 20.3 Å². The first kappa shape index (κ1) is 23.3. The van der Waals surface area contributed by atoms with Gasteiger partial charge in [0.1, 0.15) is 24.4 Å². The third kappa shape index (κ3) is 4.94. The highest BCUT2D eigenvalue weighted by molar-refractivity contribution is 5.90. The van der Waals surface area contributed by atoms with E-state index in [4.69, 9.17) is 18.9 Å². The van der Waals surface area contributed by atoms with Gasteiger partial charge < -0.3 is 44.1 Å². The first-order chi connectivity index (χ1) is 13.8. The van der Waals surface area contributed by atoms with E-state index < -0.39 is 67.4 Å². The van der Waals surface area contributed by atoms with Crippen LogP contribution in [0.4, 0.5) is 0 Å². The number of carbonyl (C=O) groups excluding carboxylic acids is 2. The fourth-order valence-corrected chi connectivity index (χ4v) is 3.25. The molecule has 0 spiro atoms. The van der Waals surface area contributed by atoms with Crippen molar-refractivity contribution in [1.82, 2.24) is 0 Å². The molecule has 2 aliphatic rings. The Morgan fingerprint density at radius 1 is 1.14 bits per heavy atom. The molecule has 11 nitrogen and oxygen atoms in total. The highest BCUT2D eigenvalue weighted by atomic mass is 16.8. The maximum Gasteiger partial charge on any atom is 0.337 e. The van der Waals surface area contributed by atoms with Crippen LogP contribution in [0, 0.1) is 11.8 Å². The summed E-state index contributed by atoms with van der Waals surface area (Å²) < 4.78 is 25.7. The molecule has 164 valence electrons. The van der Waals surface area contributed by atoms with Gasteiger partial charge in [-0.15, -0.1) is 6.58 Å².